The Morgan fingerprint density at radius 3 is 2.62 bits per heavy atom. The lowest BCUT2D eigenvalue weighted by Crippen LogP contribution is -2.22. The van der Waals surface area contributed by atoms with E-state index in [0.29, 0.717) is 9.21 Å². The quantitative estimate of drug-likeness (QED) is 0.854. The molecule has 0 radical (unpaired) electrons. The highest BCUT2D eigenvalue weighted by Crippen LogP contribution is 2.19. The van der Waals surface area contributed by atoms with Gasteiger partial charge in [-0.3, -0.25) is 4.79 Å². The van der Waals surface area contributed by atoms with Crippen LogP contribution in [0.2, 0.25) is 0 Å². The monoisotopic (exact) mass is 371 g/mol. The smallest absolute Gasteiger partial charge is 0.240 e. The number of amides is 1. The molecular formula is C7H7Br2N3O3S. The van der Waals surface area contributed by atoms with Crippen LogP contribution < -0.4 is 5.32 Å². The number of carbonyl (C=O) groups excluding carboxylic acids is 1. The number of aromatic nitrogens is 2. The van der Waals surface area contributed by atoms with E-state index in [2.05, 4.69) is 47.1 Å². The van der Waals surface area contributed by atoms with Crippen LogP contribution in [0.5, 0.6) is 0 Å². The van der Waals surface area contributed by atoms with Gasteiger partial charge in [-0.15, -0.1) is 0 Å². The summed E-state index contributed by atoms with van der Waals surface area (Å²) in [5.41, 5.74) is 0. The Kier molecular flexibility index (Phi) is 4.39. The second-order valence-corrected chi connectivity index (χ2v) is 6.65. The van der Waals surface area contributed by atoms with Crippen LogP contribution in [0.1, 0.15) is 0 Å². The second-order valence-electron chi connectivity index (χ2n) is 2.95. The summed E-state index contributed by atoms with van der Waals surface area (Å²) < 4.78 is 22.5. The van der Waals surface area contributed by atoms with E-state index in [9.17, 15) is 13.2 Å². The van der Waals surface area contributed by atoms with Crippen molar-refractivity contribution in [2.45, 2.75) is 0 Å². The lowest BCUT2D eigenvalue weighted by atomic mass is 10.6. The molecule has 0 aliphatic heterocycles. The van der Waals surface area contributed by atoms with Crippen LogP contribution >= 0.6 is 31.9 Å². The number of halogens is 2. The molecule has 9 heteroatoms. The van der Waals surface area contributed by atoms with Crippen molar-refractivity contribution in [2.24, 2.45) is 0 Å². The fourth-order valence-electron chi connectivity index (χ4n) is 0.837. The Balaban J connectivity index is 2.78. The molecule has 88 valence electrons. The Hall–Kier alpha value is -0.540. The number of rotatable bonds is 3. The number of carbonyl (C=O) groups is 1. The molecule has 0 unspecified atom stereocenters. The summed E-state index contributed by atoms with van der Waals surface area (Å²) in [4.78, 5) is 19.1. The number of sulfone groups is 1. The van der Waals surface area contributed by atoms with Gasteiger partial charge >= 0.3 is 0 Å². The maximum Gasteiger partial charge on any atom is 0.240 e. The van der Waals surface area contributed by atoms with Gasteiger partial charge in [-0.1, -0.05) is 0 Å². The van der Waals surface area contributed by atoms with E-state index in [-0.39, 0.29) is 5.82 Å². The van der Waals surface area contributed by atoms with Gasteiger partial charge in [-0.2, -0.15) is 0 Å². The first-order chi connectivity index (χ1) is 7.28. The van der Waals surface area contributed by atoms with Crippen molar-refractivity contribution in [2.75, 3.05) is 17.3 Å². The van der Waals surface area contributed by atoms with Crippen molar-refractivity contribution in [3.63, 3.8) is 0 Å². The van der Waals surface area contributed by atoms with Crippen molar-refractivity contribution in [3.8, 4) is 0 Å². The fourth-order valence-corrected chi connectivity index (χ4v) is 2.30. The maximum absolute atomic E-state index is 11.3. The summed E-state index contributed by atoms with van der Waals surface area (Å²) >= 11 is 6.19. The molecule has 1 heterocycles. The molecule has 0 spiro atoms. The molecule has 1 aromatic heterocycles. The van der Waals surface area contributed by atoms with E-state index in [1.165, 1.54) is 6.20 Å². The van der Waals surface area contributed by atoms with Crippen LogP contribution in [-0.4, -0.2) is 36.3 Å². The Labute approximate surface area is 109 Å². The molecule has 16 heavy (non-hydrogen) atoms. The number of hydrogen-bond acceptors (Lipinski definition) is 5. The minimum atomic E-state index is -3.35. The van der Waals surface area contributed by atoms with Crippen molar-refractivity contribution >= 4 is 53.4 Å². The molecule has 1 amide bonds. The molecule has 0 aliphatic rings. The highest BCUT2D eigenvalue weighted by Gasteiger charge is 2.13. The van der Waals surface area contributed by atoms with Crippen molar-refractivity contribution in [1.29, 1.82) is 0 Å². The normalized spacial score (nSPS) is 11.2. The predicted molar refractivity (Wildman–Crippen MR) is 65.8 cm³/mol. The minimum absolute atomic E-state index is 0.178. The third-order valence-corrected chi connectivity index (χ3v) is 3.07. The summed E-state index contributed by atoms with van der Waals surface area (Å²) in [5.74, 6) is -1.06. The lowest BCUT2D eigenvalue weighted by molar-refractivity contribution is -0.113. The molecule has 1 rings (SSSR count). The molecule has 0 saturated heterocycles. The highest BCUT2D eigenvalue weighted by atomic mass is 79.9. The Morgan fingerprint density at radius 2 is 2.12 bits per heavy atom. The van der Waals surface area contributed by atoms with Gasteiger partial charge in [0.15, 0.2) is 15.7 Å². The Bertz CT molecular complexity index is 518. The van der Waals surface area contributed by atoms with Gasteiger partial charge < -0.3 is 5.32 Å². The number of anilines is 1. The van der Waals surface area contributed by atoms with Crippen LogP contribution in [0.3, 0.4) is 0 Å². The van der Waals surface area contributed by atoms with Crippen LogP contribution in [0.4, 0.5) is 5.82 Å². The lowest BCUT2D eigenvalue weighted by Gasteiger charge is -2.04. The van der Waals surface area contributed by atoms with E-state index in [0.717, 1.165) is 6.26 Å². The van der Waals surface area contributed by atoms with E-state index < -0.39 is 21.5 Å². The standard InChI is InChI=1S/C7H7Br2N3O3S/c1-16(14,15)3-5(13)12-7-6(9)11-4(8)2-10-7/h2H,3H2,1H3,(H,10,12,13). The van der Waals surface area contributed by atoms with Crippen molar-refractivity contribution in [3.05, 3.63) is 15.4 Å². The summed E-state index contributed by atoms with van der Waals surface area (Å²) in [6.45, 7) is 0. The SMILES string of the molecule is CS(=O)(=O)CC(=O)Nc1ncc(Br)nc1Br. The van der Waals surface area contributed by atoms with Gasteiger partial charge in [-0.05, 0) is 31.9 Å². The molecule has 0 aromatic carbocycles. The molecule has 0 fully saturated rings. The molecule has 1 aromatic rings. The average molecular weight is 373 g/mol. The fraction of sp³-hybridized carbons (Fsp3) is 0.286. The van der Waals surface area contributed by atoms with Gasteiger partial charge in [0.1, 0.15) is 15.0 Å². The van der Waals surface area contributed by atoms with E-state index in [4.69, 9.17) is 0 Å². The molecule has 0 atom stereocenters. The zero-order valence-electron chi connectivity index (χ0n) is 8.07. The average Bonchev–Trinajstić information content (AvgIpc) is 2.06. The molecule has 6 nitrogen and oxygen atoms in total. The number of nitrogens with zero attached hydrogens (tertiary/aromatic N) is 2. The second kappa shape index (κ2) is 5.19. The van der Waals surface area contributed by atoms with Crippen molar-refractivity contribution in [1.82, 2.24) is 9.97 Å². The maximum atomic E-state index is 11.3. The number of hydrogen-bond donors (Lipinski definition) is 1. The summed E-state index contributed by atoms with van der Waals surface area (Å²) in [5, 5.41) is 2.33. The zero-order valence-corrected chi connectivity index (χ0v) is 12.1. The molecule has 0 bridgehead atoms. The molecular weight excluding hydrogens is 366 g/mol. The van der Waals surface area contributed by atoms with Gasteiger partial charge in [-0.25, -0.2) is 18.4 Å². The summed E-state index contributed by atoms with van der Waals surface area (Å²) in [7, 11) is -3.35. The van der Waals surface area contributed by atoms with E-state index in [1.807, 2.05) is 0 Å². The van der Waals surface area contributed by atoms with Gasteiger partial charge in [0.2, 0.25) is 5.91 Å². The number of nitrogens with one attached hydrogen (secondary N) is 1. The summed E-state index contributed by atoms with van der Waals surface area (Å²) in [6, 6.07) is 0. The Morgan fingerprint density at radius 1 is 1.50 bits per heavy atom. The first kappa shape index (κ1) is 13.5. The molecule has 0 aliphatic carbocycles. The largest absolute Gasteiger partial charge is 0.308 e. The first-order valence-corrected chi connectivity index (χ1v) is 7.58. The minimum Gasteiger partial charge on any atom is -0.308 e. The van der Waals surface area contributed by atoms with Crippen LogP contribution in [0.15, 0.2) is 15.4 Å². The third kappa shape index (κ3) is 4.54. The predicted octanol–water partition coefficient (Wildman–Crippen LogP) is 0.985. The van der Waals surface area contributed by atoms with E-state index in [1.54, 1.807) is 0 Å². The van der Waals surface area contributed by atoms with Gasteiger partial charge in [0.25, 0.3) is 0 Å². The molecule has 0 saturated carbocycles. The van der Waals surface area contributed by atoms with Gasteiger partial charge in [0.05, 0.1) is 6.20 Å². The topological polar surface area (TPSA) is 89.0 Å². The van der Waals surface area contributed by atoms with Gasteiger partial charge in [0, 0.05) is 6.26 Å². The van der Waals surface area contributed by atoms with Crippen LogP contribution in [0.25, 0.3) is 0 Å². The third-order valence-electron chi connectivity index (χ3n) is 1.35. The first-order valence-electron chi connectivity index (χ1n) is 3.93. The van der Waals surface area contributed by atoms with E-state index >= 15 is 0 Å². The van der Waals surface area contributed by atoms with Crippen LogP contribution in [0, 0.1) is 0 Å². The van der Waals surface area contributed by atoms with Crippen LogP contribution in [-0.2, 0) is 14.6 Å². The highest BCUT2D eigenvalue weighted by molar-refractivity contribution is 9.11. The van der Waals surface area contributed by atoms with Crippen molar-refractivity contribution < 1.29 is 13.2 Å². The molecule has 1 N–H and O–H groups in total. The summed E-state index contributed by atoms with van der Waals surface area (Å²) in [6.07, 6.45) is 2.37. The zero-order chi connectivity index (χ0) is 12.3.